The summed E-state index contributed by atoms with van der Waals surface area (Å²) in [5.41, 5.74) is 0. The van der Waals surface area contributed by atoms with Crippen molar-refractivity contribution in [2.24, 2.45) is 0 Å². The zero-order valence-electron chi connectivity index (χ0n) is 49.3. The van der Waals surface area contributed by atoms with E-state index in [0.717, 1.165) is 96.3 Å². The first kappa shape index (κ1) is 72.5. The van der Waals surface area contributed by atoms with E-state index in [-0.39, 0.29) is 25.6 Å². The SMILES string of the molecule is CC/C=C\C/C=C\C/C=C\C/C=C\C/C=C\C/C=C\CCCCCCCOCC(COC1OC(COC2OC(CO)C(O)C(O)C2O)C(O)C(O)C1O)OC(=O)CCCCCCCCCCCCCCCCCCCCCCC. The van der Waals surface area contributed by atoms with Crippen LogP contribution in [0.5, 0.6) is 0 Å². The molecular weight excluding hydrogens is 1000 g/mol. The minimum absolute atomic E-state index is 0.0470. The van der Waals surface area contributed by atoms with Crippen molar-refractivity contribution >= 4 is 5.97 Å². The Morgan fingerprint density at radius 1 is 0.430 bits per heavy atom. The lowest BCUT2D eigenvalue weighted by atomic mass is 9.98. The fourth-order valence-electron chi connectivity index (χ4n) is 9.70. The van der Waals surface area contributed by atoms with Gasteiger partial charge >= 0.3 is 5.97 Å². The van der Waals surface area contributed by atoms with E-state index in [1.807, 2.05) is 0 Å². The van der Waals surface area contributed by atoms with Gasteiger partial charge in [-0.05, 0) is 64.2 Å². The second-order valence-corrected chi connectivity index (χ2v) is 21.9. The standard InChI is InChI=1S/C65H114O14/c1-3-5-7-9-11-13-15-17-19-21-23-25-26-27-29-31-33-35-37-39-41-43-45-47-49-74-51-54(52-75-64-63(73)61(71)59(69)56(79-64)53-76-65-62(72)60(70)58(68)55(50-66)78-65)77-57(67)48-46-44-42-40-38-36-34-32-30-28-24-22-20-18-16-14-12-10-8-6-4-2/h5,7,11,13,17,19,23,25,27,29,33,35,54-56,58-66,68-73H,3-4,6,8-10,12,14-16,18,20-22,24,26,28,30-32,34,36-53H2,1-2H3/b7-5-,13-11-,19-17-,25-23-,29-27-,35-33-. The Hall–Kier alpha value is -2.57. The zero-order chi connectivity index (χ0) is 57.2. The molecule has 2 saturated heterocycles. The van der Waals surface area contributed by atoms with Crippen LogP contribution < -0.4 is 0 Å². The third-order valence-electron chi connectivity index (χ3n) is 14.7. The normalized spacial score (nSPS) is 24.5. The molecule has 2 rings (SSSR count). The summed E-state index contributed by atoms with van der Waals surface area (Å²) in [5.74, 6) is -0.381. The molecule has 0 saturated carbocycles. The summed E-state index contributed by atoms with van der Waals surface area (Å²) >= 11 is 0. The van der Waals surface area contributed by atoms with Gasteiger partial charge < -0.3 is 64.2 Å². The summed E-state index contributed by atoms with van der Waals surface area (Å²) in [6.07, 6.45) is 49.6. The predicted molar refractivity (Wildman–Crippen MR) is 316 cm³/mol. The maximum Gasteiger partial charge on any atom is 0.306 e. The summed E-state index contributed by atoms with van der Waals surface area (Å²) in [5, 5.41) is 72.5. The molecule has 0 radical (unpaired) electrons. The van der Waals surface area contributed by atoms with Gasteiger partial charge in [0.15, 0.2) is 12.6 Å². The van der Waals surface area contributed by atoms with E-state index >= 15 is 0 Å². The van der Waals surface area contributed by atoms with Gasteiger partial charge in [-0.15, -0.1) is 0 Å². The zero-order valence-corrected chi connectivity index (χ0v) is 49.3. The lowest BCUT2D eigenvalue weighted by Gasteiger charge is -2.42. The minimum atomic E-state index is -1.71. The fourth-order valence-corrected chi connectivity index (χ4v) is 9.70. The van der Waals surface area contributed by atoms with Gasteiger partial charge in [-0.25, -0.2) is 0 Å². The van der Waals surface area contributed by atoms with Crippen LogP contribution in [0.2, 0.25) is 0 Å². The number of carbonyl (C=O) groups excluding carboxylic acids is 1. The molecule has 79 heavy (non-hydrogen) atoms. The number of rotatable bonds is 51. The second-order valence-electron chi connectivity index (χ2n) is 21.9. The molecule has 0 spiro atoms. The van der Waals surface area contributed by atoms with Gasteiger partial charge in [0.1, 0.15) is 54.9 Å². The van der Waals surface area contributed by atoms with Crippen LogP contribution in [0.4, 0.5) is 0 Å². The van der Waals surface area contributed by atoms with Gasteiger partial charge in [-0.2, -0.15) is 0 Å². The molecule has 11 atom stereocenters. The van der Waals surface area contributed by atoms with Crippen molar-refractivity contribution in [3.63, 3.8) is 0 Å². The Morgan fingerprint density at radius 3 is 1.29 bits per heavy atom. The molecule has 0 aliphatic carbocycles. The number of carbonyl (C=O) groups is 1. The third kappa shape index (κ3) is 37.3. The molecule has 0 aromatic carbocycles. The van der Waals surface area contributed by atoms with E-state index in [2.05, 4.69) is 86.8 Å². The number of aliphatic hydroxyl groups excluding tert-OH is 7. The van der Waals surface area contributed by atoms with E-state index in [1.165, 1.54) is 109 Å². The average molecular weight is 1120 g/mol. The number of esters is 1. The van der Waals surface area contributed by atoms with Crippen LogP contribution in [0.15, 0.2) is 72.9 Å². The highest BCUT2D eigenvalue weighted by molar-refractivity contribution is 5.69. The molecular formula is C65H114O14. The number of unbranched alkanes of at least 4 members (excludes halogenated alkanes) is 25. The minimum Gasteiger partial charge on any atom is -0.457 e. The molecule has 458 valence electrons. The Labute approximate surface area is 478 Å². The van der Waals surface area contributed by atoms with Gasteiger partial charge in [-0.3, -0.25) is 4.79 Å². The Balaban J connectivity index is 1.70. The number of ether oxygens (including phenoxy) is 6. The quantitative estimate of drug-likeness (QED) is 0.0172. The van der Waals surface area contributed by atoms with Crippen LogP contribution in [-0.2, 0) is 33.2 Å². The van der Waals surface area contributed by atoms with Crippen molar-refractivity contribution in [3.05, 3.63) is 72.9 Å². The first-order chi connectivity index (χ1) is 38.6. The third-order valence-corrected chi connectivity index (χ3v) is 14.7. The number of hydrogen-bond acceptors (Lipinski definition) is 14. The second kappa shape index (κ2) is 51.1. The molecule has 0 bridgehead atoms. The van der Waals surface area contributed by atoms with E-state index in [4.69, 9.17) is 28.4 Å². The van der Waals surface area contributed by atoms with Crippen molar-refractivity contribution in [1.82, 2.24) is 0 Å². The molecule has 2 aliphatic rings. The topological polar surface area (TPSA) is 214 Å². The monoisotopic (exact) mass is 1120 g/mol. The van der Waals surface area contributed by atoms with Crippen LogP contribution in [-0.4, -0.2) is 142 Å². The maximum absolute atomic E-state index is 13.1. The lowest BCUT2D eigenvalue weighted by Crippen LogP contribution is -2.61. The highest BCUT2D eigenvalue weighted by atomic mass is 16.7. The molecule has 0 aromatic rings. The lowest BCUT2D eigenvalue weighted by molar-refractivity contribution is -0.332. The molecule has 14 heteroatoms. The largest absolute Gasteiger partial charge is 0.457 e. The predicted octanol–water partition coefficient (Wildman–Crippen LogP) is 12.2. The van der Waals surface area contributed by atoms with Crippen LogP contribution >= 0.6 is 0 Å². The number of allylic oxidation sites excluding steroid dienone is 12. The van der Waals surface area contributed by atoms with Crippen molar-refractivity contribution in [3.8, 4) is 0 Å². The van der Waals surface area contributed by atoms with E-state index in [1.54, 1.807) is 0 Å². The van der Waals surface area contributed by atoms with Gasteiger partial charge in [0.25, 0.3) is 0 Å². The molecule has 7 N–H and O–H groups in total. The highest BCUT2D eigenvalue weighted by Gasteiger charge is 2.47. The van der Waals surface area contributed by atoms with Crippen LogP contribution in [0.1, 0.15) is 232 Å². The van der Waals surface area contributed by atoms with E-state index < -0.39 is 80.7 Å². The Kier molecular flexibility index (Phi) is 46.9. The summed E-state index contributed by atoms with van der Waals surface area (Å²) < 4.78 is 34.4. The Bertz CT molecular complexity index is 1580. The molecule has 0 amide bonds. The maximum atomic E-state index is 13.1. The average Bonchev–Trinajstić information content (AvgIpc) is 3.46. The van der Waals surface area contributed by atoms with Crippen molar-refractivity contribution in [1.29, 1.82) is 0 Å². The molecule has 2 aliphatic heterocycles. The van der Waals surface area contributed by atoms with Crippen LogP contribution in [0.3, 0.4) is 0 Å². The molecule has 2 heterocycles. The van der Waals surface area contributed by atoms with Crippen molar-refractivity contribution in [2.45, 2.75) is 300 Å². The summed E-state index contributed by atoms with van der Waals surface area (Å²) in [4.78, 5) is 13.1. The molecule has 2 fully saturated rings. The number of aliphatic hydroxyl groups is 7. The first-order valence-corrected chi connectivity index (χ1v) is 31.5. The highest BCUT2D eigenvalue weighted by Crippen LogP contribution is 2.27. The van der Waals surface area contributed by atoms with Crippen LogP contribution in [0.25, 0.3) is 0 Å². The van der Waals surface area contributed by atoms with Gasteiger partial charge in [0.2, 0.25) is 0 Å². The smallest absolute Gasteiger partial charge is 0.306 e. The van der Waals surface area contributed by atoms with Gasteiger partial charge in [-0.1, -0.05) is 234 Å². The Morgan fingerprint density at radius 2 is 0.823 bits per heavy atom. The summed E-state index contributed by atoms with van der Waals surface area (Å²) in [6.45, 7) is 3.56. The van der Waals surface area contributed by atoms with Gasteiger partial charge in [0, 0.05) is 13.0 Å². The number of hydrogen-bond donors (Lipinski definition) is 7. The van der Waals surface area contributed by atoms with Crippen LogP contribution in [0, 0.1) is 0 Å². The summed E-state index contributed by atoms with van der Waals surface area (Å²) in [7, 11) is 0. The van der Waals surface area contributed by atoms with Crippen molar-refractivity contribution in [2.75, 3.05) is 33.0 Å². The van der Waals surface area contributed by atoms with E-state index in [9.17, 15) is 40.5 Å². The molecule has 14 nitrogen and oxygen atoms in total. The molecule has 11 unspecified atom stereocenters. The summed E-state index contributed by atoms with van der Waals surface area (Å²) in [6, 6.07) is 0. The van der Waals surface area contributed by atoms with E-state index in [0.29, 0.717) is 13.0 Å². The van der Waals surface area contributed by atoms with Crippen molar-refractivity contribution < 1.29 is 69.0 Å². The van der Waals surface area contributed by atoms with Gasteiger partial charge in [0.05, 0.1) is 26.4 Å². The first-order valence-electron chi connectivity index (χ1n) is 31.5. The molecule has 0 aromatic heterocycles. The fraction of sp³-hybridized carbons (Fsp3) is 0.800.